The van der Waals surface area contributed by atoms with Gasteiger partial charge < -0.3 is 10.1 Å². The number of hydrogen-bond acceptors (Lipinski definition) is 5. The van der Waals surface area contributed by atoms with Crippen LogP contribution in [0.1, 0.15) is 33.1 Å². The number of benzene rings is 1. The standard InChI is InChI=1S/C19H25F3N2O4S/c1-13(2)12-29(26,27)16-11-18(7-9-23-10-8-18)17(25)24(16)14-3-5-15(6-4-14)28-19(20,21)22/h3-6,13,16,23H,7-12H2,1-2H3. The van der Waals surface area contributed by atoms with E-state index in [-0.39, 0.29) is 29.7 Å². The molecule has 0 radical (unpaired) electrons. The molecule has 3 rings (SSSR count). The molecule has 1 atom stereocenters. The van der Waals surface area contributed by atoms with E-state index in [1.807, 2.05) is 0 Å². The van der Waals surface area contributed by atoms with E-state index in [0.29, 0.717) is 25.9 Å². The first-order valence-electron chi connectivity index (χ1n) is 9.55. The molecule has 0 saturated carbocycles. The Labute approximate surface area is 168 Å². The third-order valence-electron chi connectivity index (χ3n) is 5.42. The third kappa shape index (κ3) is 4.69. The first-order chi connectivity index (χ1) is 13.4. The molecule has 0 bridgehead atoms. The van der Waals surface area contributed by atoms with Crippen LogP contribution in [0, 0.1) is 11.3 Å². The van der Waals surface area contributed by atoms with E-state index in [2.05, 4.69) is 10.1 Å². The Morgan fingerprint density at radius 2 is 1.79 bits per heavy atom. The summed E-state index contributed by atoms with van der Waals surface area (Å²) in [6.45, 7) is 4.83. The van der Waals surface area contributed by atoms with Crippen LogP contribution in [0.3, 0.4) is 0 Å². The number of nitrogens with zero attached hydrogens (tertiary/aromatic N) is 1. The highest BCUT2D eigenvalue weighted by molar-refractivity contribution is 7.92. The fraction of sp³-hybridized carbons (Fsp3) is 0.632. The molecule has 1 aromatic carbocycles. The number of piperidine rings is 1. The molecule has 2 saturated heterocycles. The Bertz CT molecular complexity index is 847. The lowest BCUT2D eigenvalue weighted by atomic mass is 9.77. The maximum absolute atomic E-state index is 13.4. The van der Waals surface area contributed by atoms with Crippen molar-refractivity contribution in [1.82, 2.24) is 5.32 Å². The molecule has 1 spiro atoms. The van der Waals surface area contributed by atoms with Crippen LogP contribution in [0.2, 0.25) is 0 Å². The monoisotopic (exact) mass is 434 g/mol. The van der Waals surface area contributed by atoms with Gasteiger partial charge in [0.25, 0.3) is 0 Å². The van der Waals surface area contributed by atoms with Crippen LogP contribution < -0.4 is 15.0 Å². The van der Waals surface area contributed by atoms with E-state index < -0.39 is 32.7 Å². The van der Waals surface area contributed by atoms with Crippen LogP contribution >= 0.6 is 0 Å². The number of ether oxygens (including phenoxy) is 1. The van der Waals surface area contributed by atoms with Gasteiger partial charge in [-0.1, -0.05) is 13.8 Å². The first-order valence-corrected chi connectivity index (χ1v) is 11.3. The van der Waals surface area contributed by atoms with Crippen LogP contribution in [0.4, 0.5) is 18.9 Å². The number of hydrogen-bond donors (Lipinski definition) is 1. The molecule has 10 heteroatoms. The van der Waals surface area contributed by atoms with Crippen molar-refractivity contribution in [3.63, 3.8) is 0 Å². The molecule has 1 N–H and O–H groups in total. The molecule has 2 aliphatic rings. The number of carbonyl (C=O) groups excluding carboxylic acids is 1. The van der Waals surface area contributed by atoms with Gasteiger partial charge >= 0.3 is 6.36 Å². The summed E-state index contributed by atoms with van der Waals surface area (Å²) >= 11 is 0. The predicted molar refractivity (Wildman–Crippen MR) is 102 cm³/mol. The zero-order valence-electron chi connectivity index (χ0n) is 16.3. The quantitative estimate of drug-likeness (QED) is 0.771. The molecule has 2 heterocycles. The summed E-state index contributed by atoms with van der Waals surface area (Å²) in [6, 6.07) is 4.79. The fourth-order valence-corrected chi connectivity index (χ4v) is 6.44. The molecule has 0 aliphatic carbocycles. The summed E-state index contributed by atoms with van der Waals surface area (Å²) < 4.78 is 67.2. The Morgan fingerprint density at radius 3 is 2.31 bits per heavy atom. The highest BCUT2D eigenvalue weighted by Gasteiger charge is 2.56. The second-order valence-corrected chi connectivity index (χ2v) is 10.3. The summed E-state index contributed by atoms with van der Waals surface area (Å²) in [5.41, 5.74) is -0.501. The van der Waals surface area contributed by atoms with E-state index in [9.17, 15) is 26.4 Å². The molecule has 29 heavy (non-hydrogen) atoms. The fourth-order valence-electron chi connectivity index (χ4n) is 4.18. The summed E-state index contributed by atoms with van der Waals surface area (Å²) in [4.78, 5) is 14.6. The van der Waals surface area contributed by atoms with Gasteiger partial charge in [0.05, 0.1) is 11.2 Å². The van der Waals surface area contributed by atoms with Gasteiger partial charge in [-0.2, -0.15) is 0 Å². The lowest BCUT2D eigenvalue weighted by Gasteiger charge is -2.31. The number of nitrogens with one attached hydrogen (secondary N) is 1. The molecule has 2 aliphatic heterocycles. The van der Waals surface area contributed by atoms with Crippen LogP contribution in [-0.2, 0) is 14.6 Å². The Hall–Kier alpha value is -1.81. The van der Waals surface area contributed by atoms with Crippen molar-refractivity contribution in [1.29, 1.82) is 0 Å². The predicted octanol–water partition coefficient (Wildman–Crippen LogP) is 3.09. The molecule has 0 aromatic heterocycles. The molecule has 1 unspecified atom stereocenters. The smallest absolute Gasteiger partial charge is 0.406 e. The number of rotatable bonds is 5. The second-order valence-electron chi connectivity index (χ2n) is 8.13. The summed E-state index contributed by atoms with van der Waals surface area (Å²) in [5, 5.41) is 2.16. The Morgan fingerprint density at radius 1 is 1.21 bits per heavy atom. The number of sulfone groups is 1. The molecule has 162 valence electrons. The number of halogens is 3. The van der Waals surface area contributed by atoms with Crippen molar-refractivity contribution in [3.8, 4) is 5.75 Å². The number of anilines is 1. The van der Waals surface area contributed by atoms with E-state index >= 15 is 0 Å². The molecule has 1 amide bonds. The van der Waals surface area contributed by atoms with Gasteiger partial charge in [0.15, 0.2) is 9.84 Å². The third-order valence-corrected chi connectivity index (χ3v) is 7.75. The molecule has 6 nitrogen and oxygen atoms in total. The van der Waals surface area contributed by atoms with Crippen molar-refractivity contribution in [2.24, 2.45) is 11.3 Å². The largest absolute Gasteiger partial charge is 0.573 e. The number of carbonyl (C=O) groups is 1. The van der Waals surface area contributed by atoms with Crippen molar-refractivity contribution in [2.45, 2.75) is 44.8 Å². The second kappa shape index (κ2) is 7.79. The van der Waals surface area contributed by atoms with Crippen LogP contribution in [-0.4, -0.2) is 44.9 Å². The van der Waals surface area contributed by atoms with E-state index in [1.54, 1.807) is 13.8 Å². The lowest BCUT2D eigenvalue weighted by molar-refractivity contribution is -0.274. The molecule has 1 aromatic rings. The van der Waals surface area contributed by atoms with Gasteiger partial charge in [0.1, 0.15) is 11.1 Å². The zero-order chi connectivity index (χ0) is 21.4. The normalized spacial score (nSPS) is 22.5. The molecule has 2 fully saturated rings. The zero-order valence-corrected chi connectivity index (χ0v) is 17.1. The van der Waals surface area contributed by atoms with Crippen molar-refractivity contribution >= 4 is 21.4 Å². The van der Waals surface area contributed by atoms with Gasteiger partial charge in [-0.15, -0.1) is 13.2 Å². The van der Waals surface area contributed by atoms with E-state index in [4.69, 9.17) is 0 Å². The summed E-state index contributed by atoms with van der Waals surface area (Å²) in [6.07, 6.45) is -3.56. The lowest BCUT2D eigenvalue weighted by Crippen LogP contribution is -2.44. The van der Waals surface area contributed by atoms with E-state index in [0.717, 1.165) is 12.1 Å². The average molecular weight is 434 g/mol. The highest BCUT2D eigenvalue weighted by atomic mass is 32.2. The topological polar surface area (TPSA) is 75.7 Å². The Kier molecular flexibility index (Phi) is 5.88. The van der Waals surface area contributed by atoms with Gasteiger partial charge in [-0.25, -0.2) is 8.42 Å². The summed E-state index contributed by atoms with van der Waals surface area (Å²) in [5.74, 6) is -0.874. The Balaban J connectivity index is 1.97. The average Bonchev–Trinajstić information content (AvgIpc) is 2.87. The van der Waals surface area contributed by atoms with Crippen LogP contribution in [0.25, 0.3) is 0 Å². The first kappa shape index (κ1) is 21.9. The minimum Gasteiger partial charge on any atom is -0.406 e. The van der Waals surface area contributed by atoms with Gasteiger partial charge in [0, 0.05) is 5.69 Å². The SMILES string of the molecule is CC(C)CS(=O)(=O)C1CC2(CCNCC2)C(=O)N1c1ccc(OC(F)(F)F)cc1. The van der Waals surface area contributed by atoms with Crippen molar-refractivity contribution in [3.05, 3.63) is 24.3 Å². The van der Waals surface area contributed by atoms with Crippen molar-refractivity contribution in [2.75, 3.05) is 23.7 Å². The van der Waals surface area contributed by atoms with Crippen molar-refractivity contribution < 1.29 is 31.1 Å². The maximum atomic E-state index is 13.4. The molecular weight excluding hydrogens is 409 g/mol. The highest BCUT2D eigenvalue weighted by Crippen LogP contribution is 2.47. The molecular formula is C19H25F3N2O4S. The van der Waals surface area contributed by atoms with Gasteiger partial charge in [-0.05, 0) is 62.5 Å². The van der Waals surface area contributed by atoms with Gasteiger partial charge in [-0.3, -0.25) is 9.69 Å². The summed E-state index contributed by atoms with van der Waals surface area (Å²) in [7, 11) is -3.63. The van der Waals surface area contributed by atoms with Gasteiger partial charge in [0.2, 0.25) is 5.91 Å². The van der Waals surface area contributed by atoms with Crippen LogP contribution in [0.5, 0.6) is 5.75 Å². The minimum atomic E-state index is -4.83. The minimum absolute atomic E-state index is 0.0644. The van der Waals surface area contributed by atoms with Crippen LogP contribution in [0.15, 0.2) is 24.3 Å². The maximum Gasteiger partial charge on any atom is 0.573 e. The number of amides is 1. The number of alkyl halides is 3. The van der Waals surface area contributed by atoms with E-state index in [1.165, 1.54) is 17.0 Å².